The van der Waals surface area contributed by atoms with E-state index in [0.29, 0.717) is 12.8 Å². The number of hydrogen-bond acceptors (Lipinski definition) is 5. The molecule has 0 aliphatic heterocycles. The van der Waals surface area contributed by atoms with Crippen molar-refractivity contribution in [3.8, 4) is 0 Å². The van der Waals surface area contributed by atoms with Crippen molar-refractivity contribution < 1.29 is 24.2 Å². The number of ether oxygens (including phenoxy) is 2. The molecule has 0 aliphatic carbocycles. The smallest absolute Gasteiger partial charge is 0.306 e. The summed E-state index contributed by atoms with van der Waals surface area (Å²) in [7, 11) is 0. The molecule has 0 aromatic heterocycles. The lowest BCUT2D eigenvalue weighted by atomic mass is 10.0. The van der Waals surface area contributed by atoms with Crippen LogP contribution >= 0.6 is 0 Å². The van der Waals surface area contributed by atoms with Crippen LogP contribution in [-0.4, -0.2) is 36.4 Å². The van der Waals surface area contributed by atoms with Gasteiger partial charge in [0.2, 0.25) is 0 Å². The largest absolute Gasteiger partial charge is 0.462 e. The summed E-state index contributed by atoms with van der Waals surface area (Å²) in [5, 5.41) is 9.58. The van der Waals surface area contributed by atoms with Crippen LogP contribution < -0.4 is 0 Å². The number of carbonyl (C=O) groups is 2. The van der Waals surface area contributed by atoms with Crippen molar-refractivity contribution in [1.29, 1.82) is 0 Å². The highest BCUT2D eigenvalue weighted by Gasteiger charge is 2.16. The number of esters is 2. The van der Waals surface area contributed by atoms with Crippen LogP contribution in [0.3, 0.4) is 0 Å². The SMILES string of the molecule is CCCCCCCC/C=C\CCCCCCCCCC(=O)OC(CO)COC(=O)CCCCCCCCCCCCCCCCCCCCC. The summed E-state index contributed by atoms with van der Waals surface area (Å²) < 4.78 is 10.6. The van der Waals surface area contributed by atoms with Gasteiger partial charge in [-0.2, -0.15) is 0 Å². The van der Waals surface area contributed by atoms with Gasteiger partial charge in [0.25, 0.3) is 0 Å². The van der Waals surface area contributed by atoms with E-state index in [4.69, 9.17) is 9.47 Å². The number of carbonyl (C=O) groups excluding carboxylic acids is 2. The molecule has 0 spiro atoms. The Balaban J connectivity index is 3.48. The van der Waals surface area contributed by atoms with Gasteiger partial charge in [0.05, 0.1) is 6.61 Å². The quantitative estimate of drug-likeness (QED) is 0.0389. The van der Waals surface area contributed by atoms with Gasteiger partial charge in [-0.3, -0.25) is 9.59 Å². The van der Waals surface area contributed by atoms with Crippen LogP contribution in [0, 0.1) is 0 Å². The number of allylic oxidation sites excluding steroid dienone is 2. The Labute approximate surface area is 311 Å². The van der Waals surface area contributed by atoms with E-state index in [9.17, 15) is 14.7 Å². The fourth-order valence-corrected chi connectivity index (χ4v) is 6.67. The molecule has 0 heterocycles. The van der Waals surface area contributed by atoms with E-state index < -0.39 is 6.10 Å². The molecule has 0 saturated heterocycles. The van der Waals surface area contributed by atoms with Crippen LogP contribution in [0.4, 0.5) is 0 Å². The highest BCUT2D eigenvalue weighted by atomic mass is 16.6. The molecule has 0 radical (unpaired) electrons. The molecular formula is C45H86O5. The first-order valence-corrected chi connectivity index (χ1v) is 22.2. The van der Waals surface area contributed by atoms with Crippen molar-refractivity contribution in [1.82, 2.24) is 0 Å². The van der Waals surface area contributed by atoms with Crippen LogP contribution in [0.15, 0.2) is 12.2 Å². The van der Waals surface area contributed by atoms with Crippen LogP contribution in [0.5, 0.6) is 0 Å². The molecule has 0 aliphatic rings. The highest BCUT2D eigenvalue weighted by Crippen LogP contribution is 2.16. The van der Waals surface area contributed by atoms with Crippen molar-refractivity contribution in [2.24, 2.45) is 0 Å². The topological polar surface area (TPSA) is 72.8 Å². The van der Waals surface area contributed by atoms with E-state index >= 15 is 0 Å². The molecular weight excluding hydrogens is 620 g/mol. The Hall–Kier alpha value is -1.36. The van der Waals surface area contributed by atoms with Crippen molar-refractivity contribution in [2.45, 2.75) is 251 Å². The lowest BCUT2D eigenvalue weighted by Gasteiger charge is -2.15. The predicted molar refractivity (Wildman–Crippen MR) is 215 cm³/mol. The second-order valence-corrected chi connectivity index (χ2v) is 15.1. The first-order valence-electron chi connectivity index (χ1n) is 22.2. The minimum atomic E-state index is -0.767. The molecule has 0 saturated carbocycles. The fraction of sp³-hybridized carbons (Fsp3) is 0.911. The molecule has 0 amide bonds. The molecule has 296 valence electrons. The zero-order valence-corrected chi connectivity index (χ0v) is 33.7. The Morgan fingerprint density at radius 1 is 0.440 bits per heavy atom. The lowest BCUT2D eigenvalue weighted by Crippen LogP contribution is -2.28. The van der Waals surface area contributed by atoms with Gasteiger partial charge in [0.1, 0.15) is 6.61 Å². The van der Waals surface area contributed by atoms with Crippen LogP contribution in [-0.2, 0) is 19.1 Å². The molecule has 1 unspecified atom stereocenters. The maximum Gasteiger partial charge on any atom is 0.306 e. The minimum absolute atomic E-state index is 0.0611. The standard InChI is InChI=1S/C45H86O5/c1-3-5-7-9-11-13-15-17-19-21-22-24-25-27-29-31-33-35-37-39-44(47)49-42-43(41-46)50-45(48)40-38-36-34-32-30-28-26-23-20-18-16-14-12-10-8-6-4-2/h18,20,43,46H,3-17,19,21-42H2,1-2H3/b20-18-. The van der Waals surface area contributed by atoms with E-state index in [-0.39, 0.29) is 25.2 Å². The summed E-state index contributed by atoms with van der Waals surface area (Å²) in [4.78, 5) is 24.3. The number of rotatable bonds is 41. The van der Waals surface area contributed by atoms with Gasteiger partial charge < -0.3 is 14.6 Å². The molecule has 1 atom stereocenters. The van der Waals surface area contributed by atoms with Gasteiger partial charge in [0, 0.05) is 12.8 Å². The summed E-state index contributed by atoms with van der Waals surface area (Å²) in [5.74, 6) is -0.581. The van der Waals surface area contributed by atoms with Gasteiger partial charge in [-0.1, -0.05) is 206 Å². The van der Waals surface area contributed by atoms with Gasteiger partial charge in [0.15, 0.2) is 6.10 Å². The number of aliphatic hydroxyl groups excluding tert-OH is 1. The molecule has 0 aromatic rings. The third-order valence-electron chi connectivity index (χ3n) is 10.1. The first kappa shape index (κ1) is 48.6. The van der Waals surface area contributed by atoms with Crippen molar-refractivity contribution in [3.63, 3.8) is 0 Å². The molecule has 50 heavy (non-hydrogen) atoms. The first-order chi connectivity index (χ1) is 24.6. The number of hydrogen-bond donors (Lipinski definition) is 1. The van der Waals surface area contributed by atoms with E-state index in [0.717, 1.165) is 32.1 Å². The highest BCUT2D eigenvalue weighted by molar-refractivity contribution is 5.70. The lowest BCUT2D eigenvalue weighted by molar-refractivity contribution is -0.161. The van der Waals surface area contributed by atoms with Crippen LogP contribution in [0.25, 0.3) is 0 Å². The third kappa shape index (κ3) is 39.4. The zero-order chi connectivity index (χ0) is 36.4. The monoisotopic (exact) mass is 707 g/mol. The Morgan fingerprint density at radius 3 is 1.08 bits per heavy atom. The average Bonchev–Trinajstić information content (AvgIpc) is 3.12. The fourth-order valence-electron chi connectivity index (χ4n) is 6.67. The molecule has 0 aromatic carbocycles. The van der Waals surface area contributed by atoms with E-state index in [1.165, 1.54) is 186 Å². The van der Waals surface area contributed by atoms with Gasteiger partial charge in [-0.15, -0.1) is 0 Å². The zero-order valence-electron chi connectivity index (χ0n) is 33.7. The second kappa shape index (κ2) is 42.1. The van der Waals surface area contributed by atoms with Crippen molar-refractivity contribution in [3.05, 3.63) is 12.2 Å². The molecule has 0 rings (SSSR count). The Morgan fingerprint density at radius 2 is 0.740 bits per heavy atom. The molecule has 0 fully saturated rings. The maximum absolute atomic E-state index is 12.2. The minimum Gasteiger partial charge on any atom is -0.462 e. The van der Waals surface area contributed by atoms with Gasteiger partial charge in [-0.25, -0.2) is 0 Å². The Kier molecular flexibility index (Phi) is 40.9. The number of unbranched alkanes of at least 4 members (excludes halogenated alkanes) is 31. The summed E-state index contributed by atoms with van der Waals surface area (Å²) in [5.41, 5.74) is 0. The number of aliphatic hydroxyl groups is 1. The van der Waals surface area contributed by atoms with Crippen LogP contribution in [0.1, 0.15) is 245 Å². The average molecular weight is 707 g/mol. The maximum atomic E-state index is 12.2. The third-order valence-corrected chi connectivity index (χ3v) is 10.1. The summed E-state index contributed by atoms with van der Waals surface area (Å²) in [6.07, 6.45) is 48.5. The molecule has 5 nitrogen and oxygen atoms in total. The van der Waals surface area contributed by atoms with E-state index in [1.54, 1.807) is 0 Å². The Bertz CT molecular complexity index is 720. The van der Waals surface area contributed by atoms with E-state index in [1.807, 2.05) is 0 Å². The summed E-state index contributed by atoms with van der Waals surface area (Å²) >= 11 is 0. The van der Waals surface area contributed by atoms with Gasteiger partial charge in [-0.05, 0) is 38.5 Å². The second-order valence-electron chi connectivity index (χ2n) is 15.1. The molecule has 1 N–H and O–H groups in total. The molecule has 5 heteroatoms. The normalized spacial score (nSPS) is 12.1. The summed E-state index contributed by atoms with van der Waals surface area (Å²) in [6.45, 7) is 4.16. The summed E-state index contributed by atoms with van der Waals surface area (Å²) in [6, 6.07) is 0. The molecule has 0 bridgehead atoms. The van der Waals surface area contributed by atoms with Gasteiger partial charge >= 0.3 is 11.9 Å². The van der Waals surface area contributed by atoms with Crippen LogP contribution in [0.2, 0.25) is 0 Å². The predicted octanol–water partition coefficient (Wildman–Crippen LogP) is 14.1. The van der Waals surface area contributed by atoms with Crippen molar-refractivity contribution in [2.75, 3.05) is 13.2 Å². The van der Waals surface area contributed by atoms with Crippen molar-refractivity contribution >= 4 is 11.9 Å². The van der Waals surface area contributed by atoms with E-state index in [2.05, 4.69) is 26.0 Å².